The summed E-state index contributed by atoms with van der Waals surface area (Å²) in [6.07, 6.45) is 4.35. The quantitative estimate of drug-likeness (QED) is 0.528. The van der Waals surface area contributed by atoms with Crippen molar-refractivity contribution in [3.05, 3.63) is 29.6 Å². The molecule has 1 atom stereocenters. The fraction of sp³-hybridized carbons (Fsp3) is 0.444. The average molecular weight is 133 g/mol. The minimum absolute atomic E-state index is 0.740. The van der Waals surface area contributed by atoms with Crippen LogP contribution in [0.15, 0.2) is 18.3 Å². The van der Waals surface area contributed by atoms with Crippen molar-refractivity contribution >= 4 is 0 Å². The molecule has 1 aromatic rings. The van der Waals surface area contributed by atoms with E-state index in [2.05, 4.69) is 18.0 Å². The van der Waals surface area contributed by atoms with Crippen LogP contribution < -0.4 is 0 Å². The number of aryl methyl sites for hydroxylation is 1. The van der Waals surface area contributed by atoms with E-state index >= 15 is 0 Å². The first kappa shape index (κ1) is 5.90. The predicted octanol–water partition coefficient (Wildman–Crippen LogP) is 2.13. The number of hydrogen-bond donors (Lipinski definition) is 0. The second kappa shape index (κ2) is 2.08. The van der Waals surface area contributed by atoms with E-state index in [1.807, 2.05) is 12.3 Å². The van der Waals surface area contributed by atoms with Crippen LogP contribution >= 0.6 is 0 Å². The smallest absolute Gasteiger partial charge is 0.0438 e. The predicted molar refractivity (Wildman–Crippen MR) is 41.0 cm³/mol. The van der Waals surface area contributed by atoms with Crippen LogP contribution in [0.25, 0.3) is 0 Å². The maximum Gasteiger partial charge on any atom is 0.0438 e. The highest BCUT2D eigenvalue weighted by Crippen LogP contribution is 2.30. The average Bonchev–Trinajstić information content (AvgIpc) is 2.34. The molecular formula is C9H11N. The van der Waals surface area contributed by atoms with Crippen LogP contribution in [0.5, 0.6) is 0 Å². The van der Waals surface area contributed by atoms with Crippen LogP contribution in [0.4, 0.5) is 0 Å². The zero-order valence-corrected chi connectivity index (χ0v) is 6.17. The summed E-state index contributed by atoms with van der Waals surface area (Å²) >= 11 is 0. The molecule has 0 N–H and O–H groups in total. The Morgan fingerprint density at radius 3 is 3.30 bits per heavy atom. The summed E-state index contributed by atoms with van der Waals surface area (Å²) < 4.78 is 0. The van der Waals surface area contributed by atoms with E-state index in [0.717, 1.165) is 5.92 Å². The first-order valence-corrected chi connectivity index (χ1v) is 3.81. The highest BCUT2D eigenvalue weighted by Gasteiger charge is 2.17. The van der Waals surface area contributed by atoms with Crippen molar-refractivity contribution in [3.8, 4) is 0 Å². The Kier molecular flexibility index (Phi) is 1.23. The molecule has 0 amide bonds. The third-order valence-corrected chi connectivity index (χ3v) is 2.27. The van der Waals surface area contributed by atoms with Crippen LogP contribution in [0.2, 0.25) is 0 Å². The van der Waals surface area contributed by atoms with E-state index in [1.165, 1.54) is 24.1 Å². The van der Waals surface area contributed by atoms with Crippen molar-refractivity contribution in [3.63, 3.8) is 0 Å². The van der Waals surface area contributed by atoms with Crippen LogP contribution in [0.3, 0.4) is 0 Å². The first-order valence-electron chi connectivity index (χ1n) is 3.81. The summed E-state index contributed by atoms with van der Waals surface area (Å²) in [6, 6.07) is 4.22. The Morgan fingerprint density at radius 1 is 1.60 bits per heavy atom. The third kappa shape index (κ3) is 0.737. The van der Waals surface area contributed by atoms with Gasteiger partial charge in [0.1, 0.15) is 0 Å². The fourth-order valence-electron chi connectivity index (χ4n) is 1.62. The summed E-state index contributed by atoms with van der Waals surface area (Å²) in [4.78, 5) is 4.31. The molecule has 0 bridgehead atoms. The van der Waals surface area contributed by atoms with Crippen LogP contribution in [0.1, 0.15) is 30.5 Å². The normalized spacial score (nSPS) is 22.7. The van der Waals surface area contributed by atoms with Gasteiger partial charge in [-0.15, -0.1) is 0 Å². The van der Waals surface area contributed by atoms with E-state index in [0.29, 0.717) is 0 Å². The molecule has 2 rings (SSSR count). The lowest BCUT2D eigenvalue weighted by atomic mass is 10.1. The van der Waals surface area contributed by atoms with Gasteiger partial charge >= 0.3 is 0 Å². The molecule has 1 aromatic heterocycles. The van der Waals surface area contributed by atoms with Gasteiger partial charge in [0.15, 0.2) is 0 Å². The van der Waals surface area contributed by atoms with E-state index < -0.39 is 0 Å². The van der Waals surface area contributed by atoms with E-state index in [1.54, 1.807) is 0 Å². The van der Waals surface area contributed by atoms with Crippen molar-refractivity contribution in [2.24, 2.45) is 0 Å². The summed E-state index contributed by atoms with van der Waals surface area (Å²) in [5, 5.41) is 0. The summed E-state index contributed by atoms with van der Waals surface area (Å²) in [5.74, 6) is 0.740. The lowest BCUT2D eigenvalue weighted by Crippen LogP contribution is -1.86. The second-order valence-corrected chi connectivity index (χ2v) is 2.98. The van der Waals surface area contributed by atoms with Gasteiger partial charge in [0, 0.05) is 11.9 Å². The summed E-state index contributed by atoms with van der Waals surface area (Å²) in [5.41, 5.74) is 2.78. The van der Waals surface area contributed by atoms with Crippen molar-refractivity contribution in [1.82, 2.24) is 4.98 Å². The number of aromatic nitrogens is 1. The molecule has 1 heterocycles. The summed E-state index contributed by atoms with van der Waals surface area (Å²) in [7, 11) is 0. The van der Waals surface area contributed by atoms with Gasteiger partial charge in [0.2, 0.25) is 0 Å². The lowest BCUT2D eigenvalue weighted by Gasteiger charge is -2.00. The van der Waals surface area contributed by atoms with Gasteiger partial charge in [0.05, 0.1) is 0 Å². The van der Waals surface area contributed by atoms with Gasteiger partial charge in [0.25, 0.3) is 0 Å². The van der Waals surface area contributed by atoms with Gasteiger partial charge in [-0.3, -0.25) is 4.98 Å². The SMILES string of the molecule is C[C@H]1CCc2ncccc21. The Balaban J connectivity index is 2.51. The number of rotatable bonds is 0. The molecular weight excluding hydrogens is 122 g/mol. The molecule has 1 aliphatic carbocycles. The number of hydrogen-bond acceptors (Lipinski definition) is 1. The minimum atomic E-state index is 0.740. The standard InChI is InChI=1S/C9H11N/c1-7-4-5-9-8(7)3-2-6-10-9/h2-3,6-7H,4-5H2,1H3/t7-/m0/s1. The maximum atomic E-state index is 4.31. The van der Waals surface area contributed by atoms with Crippen molar-refractivity contribution in [1.29, 1.82) is 0 Å². The van der Waals surface area contributed by atoms with Gasteiger partial charge in [-0.05, 0) is 30.4 Å². The third-order valence-electron chi connectivity index (χ3n) is 2.27. The van der Waals surface area contributed by atoms with Crippen molar-refractivity contribution in [2.45, 2.75) is 25.7 Å². The minimum Gasteiger partial charge on any atom is -0.261 e. The Morgan fingerprint density at radius 2 is 2.50 bits per heavy atom. The lowest BCUT2D eigenvalue weighted by molar-refractivity contribution is 0.746. The molecule has 0 unspecified atom stereocenters. The van der Waals surface area contributed by atoms with Crippen molar-refractivity contribution in [2.75, 3.05) is 0 Å². The van der Waals surface area contributed by atoms with Gasteiger partial charge in [-0.2, -0.15) is 0 Å². The topological polar surface area (TPSA) is 12.9 Å². The monoisotopic (exact) mass is 133 g/mol. The molecule has 1 aliphatic rings. The number of pyridine rings is 1. The highest BCUT2D eigenvalue weighted by atomic mass is 14.7. The molecule has 0 spiro atoms. The van der Waals surface area contributed by atoms with Gasteiger partial charge in [-0.25, -0.2) is 0 Å². The molecule has 0 aromatic carbocycles. The maximum absolute atomic E-state index is 4.31. The van der Waals surface area contributed by atoms with Gasteiger partial charge in [-0.1, -0.05) is 13.0 Å². The largest absolute Gasteiger partial charge is 0.261 e. The van der Waals surface area contributed by atoms with Gasteiger partial charge < -0.3 is 0 Å². The second-order valence-electron chi connectivity index (χ2n) is 2.98. The molecule has 1 heteroatoms. The Bertz CT molecular complexity index is 242. The van der Waals surface area contributed by atoms with E-state index in [9.17, 15) is 0 Å². The van der Waals surface area contributed by atoms with E-state index in [4.69, 9.17) is 0 Å². The summed E-state index contributed by atoms with van der Waals surface area (Å²) in [6.45, 7) is 2.27. The molecule has 10 heavy (non-hydrogen) atoms. The molecule has 0 saturated carbocycles. The van der Waals surface area contributed by atoms with Crippen LogP contribution in [-0.2, 0) is 6.42 Å². The fourth-order valence-corrected chi connectivity index (χ4v) is 1.62. The Labute approximate surface area is 61.1 Å². The molecule has 0 radical (unpaired) electrons. The zero-order chi connectivity index (χ0) is 6.97. The zero-order valence-electron chi connectivity index (χ0n) is 6.17. The van der Waals surface area contributed by atoms with Crippen LogP contribution in [-0.4, -0.2) is 4.98 Å². The molecule has 52 valence electrons. The van der Waals surface area contributed by atoms with E-state index in [-0.39, 0.29) is 0 Å². The molecule has 1 nitrogen and oxygen atoms in total. The Hall–Kier alpha value is -0.850. The van der Waals surface area contributed by atoms with Crippen molar-refractivity contribution < 1.29 is 0 Å². The number of nitrogens with zero attached hydrogens (tertiary/aromatic N) is 1. The first-order chi connectivity index (χ1) is 4.88. The van der Waals surface area contributed by atoms with Crippen LogP contribution in [0, 0.1) is 0 Å². The molecule has 0 fully saturated rings. The molecule has 0 aliphatic heterocycles. The highest BCUT2D eigenvalue weighted by molar-refractivity contribution is 5.28. The molecule has 0 saturated heterocycles. The number of fused-ring (bicyclic) bond motifs is 1.